The molecule has 4 heteroatoms. The van der Waals surface area contributed by atoms with Crippen LogP contribution in [0.5, 0.6) is 0 Å². The summed E-state index contributed by atoms with van der Waals surface area (Å²) in [5.41, 5.74) is 8.16. The van der Waals surface area contributed by atoms with E-state index in [1.165, 1.54) is 0 Å². The molecule has 1 aromatic heterocycles. The lowest BCUT2D eigenvalue weighted by atomic mass is 9.91. The molecule has 1 heterocycles. The third-order valence-corrected chi connectivity index (χ3v) is 3.12. The van der Waals surface area contributed by atoms with Gasteiger partial charge in [0.1, 0.15) is 5.82 Å². The van der Waals surface area contributed by atoms with E-state index in [1.807, 2.05) is 20.0 Å². The van der Waals surface area contributed by atoms with Crippen molar-refractivity contribution in [2.75, 3.05) is 19.9 Å². The minimum atomic E-state index is 0.0636. The molecule has 4 nitrogen and oxygen atoms in total. The highest BCUT2D eigenvalue weighted by atomic mass is 16.5. The van der Waals surface area contributed by atoms with Gasteiger partial charge in [-0.1, -0.05) is 13.8 Å². The molecule has 0 amide bonds. The number of hydrogen-bond acceptors (Lipinski definition) is 4. The van der Waals surface area contributed by atoms with Crippen molar-refractivity contribution in [3.8, 4) is 0 Å². The summed E-state index contributed by atoms with van der Waals surface area (Å²) in [6.45, 7) is 6.32. The summed E-state index contributed by atoms with van der Waals surface area (Å²) in [6.07, 6.45) is 1.81. The minimum absolute atomic E-state index is 0.0636. The zero-order valence-electron chi connectivity index (χ0n) is 11.3. The van der Waals surface area contributed by atoms with Crippen LogP contribution in [0, 0.1) is 12.8 Å². The van der Waals surface area contributed by atoms with Gasteiger partial charge < -0.3 is 15.8 Å². The number of likely N-dealkylation sites (N-methyl/N-ethyl adjacent to an activating group) is 1. The van der Waals surface area contributed by atoms with E-state index in [1.54, 1.807) is 13.3 Å². The lowest BCUT2D eigenvalue weighted by Gasteiger charge is -2.30. The van der Waals surface area contributed by atoms with E-state index in [9.17, 15) is 0 Å². The molecule has 0 aliphatic heterocycles. The number of rotatable bonds is 5. The number of nitrogens with zero attached hydrogens (tertiary/aromatic N) is 1. The summed E-state index contributed by atoms with van der Waals surface area (Å²) in [6, 6.07) is 2.04. The van der Waals surface area contributed by atoms with Crippen molar-refractivity contribution in [1.82, 2.24) is 10.3 Å². The van der Waals surface area contributed by atoms with Gasteiger partial charge in [-0.05, 0) is 31.5 Å². The molecule has 3 N–H and O–H groups in total. The second-order valence-corrected chi connectivity index (χ2v) is 4.64. The molecule has 2 atom stereocenters. The summed E-state index contributed by atoms with van der Waals surface area (Å²) in [5.74, 6) is 0.975. The fraction of sp³-hybridized carbons (Fsp3) is 0.615. The number of nitrogen functional groups attached to an aromatic ring is 1. The van der Waals surface area contributed by atoms with Crippen molar-refractivity contribution >= 4 is 5.82 Å². The highest BCUT2D eigenvalue weighted by Crippen LogP contribution is 2.29. The van der Waals surface area contributed by atoms with E-state index < -0.39 is 0 Å². The smallest absolute Gasteiger partial charge is 0.128 e. The van der Waals surface area contributed by atoms with Crippen LogP contribution in [0.15, 0.2) is 12.3 Å². The molecule has 0 aliphatic rings. The molecule has 0 fully saturated rings. The lowest BCUT2D eigenvalue weighted by Crippen LogP contribution is -2.35. The summed E-state index contributed by atoms with van der Waals surface area (Å²) < 4.78 is 5.58. The van der Waals surface area contributed by atoms with Gasteiger partial charge in [-0.2, -0.15) is 0 Å². The second kappa shape index (κ2) is 5.98. The monoisotopic (exact) mass is 237 g/mol. The largest absolute Gasteiger partial charge is 0.383 e. The maximum atomic E-state index is 5.98. The first-order valence-corrected chi connectivity index (χ1v) is 5.94. The van der Waals surface area contributed by atoms with Gasteiger partial charge in [0.15, 0.2) is 0 Å². The standard InChI is InChI=1S/C13H23N3O/c1-8(2)12(17-5)11(15-4)10-9(3)6-7-16-13(10)14/h6-8,11-12,15H,1-5H3,(H2,14,16). The average molecular weight is 237 g/mol. The van der Waals surface area contributed by atoms with Gasteiger partial charge in [-0.15, -0.1) is 0 Å². The molecule has 0 saturated carbocycles. The van der Waals surface area contributed by atoms with E-state index in [0.29, 0.717) is 11.7 Å². The molecule has 0 bridgehead atoms. The molecule has 0 aliphatic carbocycles. The van der Waals surface area contributed by atoms with E-state index in [4.69, 9.17) is 10.5 Å². The van der Waals surface area contributed by atoms with Crippen molar-refractivity contribution < 1.29 is 4.74 Å². The predicted octanol–water partition coefficient (Wildman–Crippen LogP) is 1.90. The van der Waals surface area contributed by atoms with Crippen LogP contribution in [0.4, 0.5) is 5.82 Å². The molecule has 1 aromatic rings. The molecule has 2 unspecified atom stereocenters. The first-order valence-electron chi connectivity index (χ1n) is 5.94. The van der Waals surface area contributed by atoms with Gasteiger partial charge in [0.05, 0.1) is 12.1 Å². The third kappa shape index (κ3) is 2.96. The zero-order valence-corrected chi connectivity index (χ0v) is 11.3. The summed E-state index contributed by atoms with van der Waals surface area (Å²) in [5, 5.41) is 3.29. The normalized spacial score (nSPS) is 14.9. The molecule has 96 valence electrons. The van der Waals surface area contributed by atoms with Crippen LogP contribution in [0.25, 0.3) is 0 Å². The number of aromatic nitrogens is 1. The first kappa shape index (κ1) is 13.9. The van der Waals surface area contributed by atoms with Gasteiger partial charge in [0.25, 0.3) is 0 Å². The van der Waals surface area contributed by atoms with Crippen LogP contribution in [-0.4, -0.2) is 25.2 Å². The van der Waals surface area contributed by atoms with Crippen LogP contribution < -0.4 is 11.1 Å². The Hall–Kier alpha value is -1.13. The number of methoxy groups -OCH3 is 1. The molecule has 17 heavy (non-hydrogen) atoms. The van der Waals surface area contributed by atoms with Gasteiger partial charge in [0.2, 0.25) is 0 Å². The van der Waals surface area contributed by atoms with Crippen molar-refractivity contribution in [2.45, 2.75) is 32.9 Å². The van der Waals surface area contributed by atoms with Crippen molar-refractivity contribution in [3.63, 3.8) is 0 Å². The Balaban J connectivity index is 3.17. The fourth-order valence-corrected chi connectivity index (χ4v) is 2.26. The molecule has 0 saturated heterocycles. The Morgan fingerprint density at radius 1 is 1.41 bits per heavy atom. The molecule has 0 radical (unpaired) electrons. The quantitative estimate of drug-likeness (QED) is 0.821. The highest BCUT2D eigenvalue weighted by molar-refractivity contribution is 5.46. The minimum Gasteiger partial charge on any atom is -0.383 e. The van der Waals surface area contributed by atoms with Crippen LogP contribution in [0.3, 0.4) is 0 Å². The zero-order chi connectivity index (χ0) is 13.0. The van der Waals surface area contributed by atoms with Gasteiger partial charge >= 0.3 is 0 Å². The number of nitrogens with two attached hydrogens (primary N) is 1. The van der Waals surface area contributed by atoms with Crippen LogP contribution in [0.1, 0.15) is 31.0 Å². The Kier molecular flexibility index (Phi) is 4.90. The maximum Gasteiger partial charge on any atom is 0.128 e. The number of pyridine rings is 1. The number of hydrogen-bond donors (Lipinski definition) is 2. The summed E-state index contributed by atoms with van der Waals surface area (Å²) in [4.78, 5) is 4.17. The number of ether oxygens (including phenoxy) is 1. The number of anilines is 1. The Labute approximate surface area is 104 Å². The molecule has 0 spiro atoms. The first-order chi connectivity index (χ1) is 8.02. The number of nitrogens with one attached hydrogen (secondary N) is 1. The van der Waals surface area contributed by atoms with Crippen molar-refractivity contribution in [2.24, 2.45) is 5.92 Å². The van der Waals surface area contributed by atoms with E-state index in [2.05, 4.69) is 24.1 Å². The van der Waals surface area contributed by atoms with Crippen LogP contribution in [0.2, 0.25) is 0 Å². The number of aryl methyl sites for hydroxylation is 1. The van der Waals surface area contributed by atoms with Crippen LogP contribution >= 0.6 is 0 Å². The summed E-state index contributed by atoms with van der Waals surface area (Å²) >= 11 is 0. The van der Waals surface area contributed by atoms with E-state index in [0.717, 1.165) is 11.1 Å². The summed E-state index contributed by atoms with van der Waals surface area (Å²) in [7, 11) is 3.65. The van der Waals surface area contributed by atoms with Crippen molar-refractivity contribution in [3.05, 3.63) is 23.4 Å². The van der Waals surface area contributed by atoms with Crippen LogP contribution in [-0.2, 0) is 4.74 Å². The lowest BCUT2D eigenvalue weighted by molar-refractivity contribution is 0.0348. The van der Waals surface area contributed by atoms with Gasteiger partial charge in [-0.3, -0.25) is 0 Å². The highest BCUT2D eigenvalue weighted by Gasteiger charge is 2.27. The van der Waals surface area contributed by atoms with Gasteiger partial charge in [0, 0.05) is 18.9 Å². The Morgan fingerprint density at radius 3 is 2.47 bits per heavy atom. The van der Waals surface area contributed by atoms with E-state index >= 15 is 0 Å². The molecule has 0 aromatic carbocycles. The topological polar surface area (TPSA) is 60.2 Å². The second-order valence-electron chi connectivity index (χ2n) is 4.64. The predicted molar refractivity (Wildman–Crippen MR) is 70.8 cm³/mol. The average Bonchev–Trinajstić information content (AvgIpc) is 2.27. The fourth-order valence-electron chi connectivity index (χ4n) is 2.26. The van der Waals surface area contributed by atoms with E-state index in [-0.39, 0.29) is 12.1 Å². The molecular formula is C13H23N3O. The SMILES string of the molecule is CNC(c1c(C)ccnc1N)C(OC)C(C)C. The van der Waals surface area contributed by atoms with Crippen molar-refractivity contribution in [1.29, 1.82) is 0 Å². The Bertz CT molecular complexity index is 345. The third-order valence-electron chi connectivity index (χ3n) is 3.12. The molecular weight excluding hydrogens is 214 g/mol. The Morgan fingerprint density at radius 2 is 2.06 bits per heavy atom. The maximum absolute atomic E-state index is 5.98. The molecule has 1 rings (SSSR count). The van der Waals surface area contributed by atoms with Gasteiger partial charge in [-0.25, -0.2) is 4.98 Å².